The highest BCUT2D eigenvalue weighted by atomic mass is 32.2. The van der Waals surface area contributed by atoms with Gasteiger partial charge in [0.15, 0.2) is 11.5 Å². The van der Waals surface area contributed by atoms with Crippen molar-refractivity contribution in [3.05, 3.63) is 53.6 Å². The molecule has 2 aromatic rings. The molecule has 1 aliphatic carbocycles. The lowest BCUT2D eigenvalue weighted by atomic mass is 9.83. The molecule has 0 spiro atoms. The van der Waals surface area contributed by atoms with Crippen LogP contribution in [-0.4, -0.2) is 38.9 Å². The Kier molecular flexibility index (Phi) is 7.06. The predicted octanol–water partition coefficient (Wildman–Crippen LogP) is 4.38. The third-order valence-electron chi connectivity index (χ3n) is 5.69. The number of rotatable bonds is 8. The largest absolute Gasteiger partial charge is 0.504 e. The fourth-order valence-electron chi connectivity index (χ4n) is 3.78. The van der Waals surface area contributed by atoms with E-state index in [0.29, 0.717) is 25.2 Å². The summed E-state index contributed by atoms with van der Waals surface area (Å²) in [6.45, 7) is 4.25. The van der Waals surface area contributed by atoms with Gasteiger partial charge in [-0.15, -0.1) is 0 Å². The Labute approximate surface area is 178 Å². The summed E-state index contributed by atoms with van der Waals surface area (Å²) in [7, 11) is -2.35. The van der Waals surface area contributed by atoms with E-state index in [1.165, 1.54) is 7.11 Å². The monoisotopic (exact) mass is 434 g/mol. The highest BCUT2D eigenvalue weighted by Gasteiger charge is 2.41. The molecule has 164 valence electrons. The molecule has 30 heavy (non-hydrogen) atoms. The van der Waals surface area contributed by atoms with Crippen molar-refractivity contribution in [3.63, 3.8) is 0 Å². The molecule has 1 fully saturated rings. The second kappa shape index (κ2) is 9.37. The molecule has 0 saturated heterocycles. The Morgan fingerprint density at radius 3 is 2.57 bits per heavy atom. The molecule has 6 nitrogen and oxygen atoms in total. The van der Waals surface area contributed by atoms with Crippen LogP contribution in [0.3, 0.4) is 0 Å². The summed E-state index contributed by atoms with van der Waals surface area (Å²) in [5.74, 6) is 0.512. The number of phenolic OH excluding ortho intramolecular Hbond substituents is 1. The van der Waals surface area contributed by atoms with Gasteiger partial charge in [0, 0.05) is 0 Å². The predicted molar refractivity (Wildman–Crippen MR) is 114 cm³/mol. The lowest BCUT2D eigenvalue weighted by molar-refractivity contribution is -0.120. The number of aromatic hydroxyl groups is 1. The Bertz CT molecular complexity index is 954. The Balaban J connectivity index is 1.67. The minimum Gasteiger partial charge on any atom is -0.504 e. The van der Waals surface area contributed by atoms with Gasteiger partial charge in [0.05, 0.1) is 24.2 Å². The second-order valence-electron chi connectivity index (χ2n) is 8.02. The highest BCUT2D eigenvalue weighted by Crippen LogP contribution is 2.36. The van der Waals surface area contributed by atoms with E-state index in [0.717, 1.165) is 30.4 Å². The molecule has 1 N–H and O–H groups in total. The van der Waals surface area contributed by atoms with Gasteiger partial charge < -0.3 is 14.6 Å². The quantitative estimate of drug-likeness (QED) is 0.621. The van der Waals surface area contributed by atoms with Crippen molar-refractivity contribution >= 4 is 10.1 Å². The van der Waals surface area contributed by atoms with Crippen molar-refractivity contribution in [1.29, 1.82) is 0 Å². The number of methoxy groups -OCH3 is 1. The molecule has 0 aliphatic heterocycles. The Hall–Kier alpha value is -2.09. The molecule has 1 unspecified atom stereocenters. The summed E-state index contributed by atoms with van der Waals surface area (Å²) in [6, 6.07) is 11.9. The van der Waals surface area contributed by atoms with Crippen LogP contribution in [0.1, 0.15) is 43.7 Å². The van der Waals surface area contributed by atoms with Crippen LogP contribution < -0.4 is 4.74 Å². The van der Waals surface area contributed by atoms with Crippen molar-refractivity contribution in [2.45, 2.75) is 62.6 Å². The van der Waals surface area contributed by atoms with Crippen molar-refractivity contribution in [3.8, 4) is 11.5 Å². The van der Waals surface area contributed by atoms with Gasteiger partial charge in [-0.1, -0.05) is 36.6 Å². The van der Waals surface area contributed by atoms with Crippen LogP contribution in [0.5, 0.6) is 11.5 Å². The zero-order valence-corrected chi connectivity index (χ0v) is 18.6. The SMILES string of the molecule is COc1cc(CCO[C@@]2(C)CCCCC2OS(=O)(=O)c2ccc(C)cc2)ccc1O. The van der Waals surface area contributed by atoms with E-state index in [4.69, 9.17) is 13.7 Å². The van der Waals surface area contributed by atoms with Crippen LogP contribution in [0.4, 0.5) is 0 Å². The normalized spacial score (nSPS) is 22.0. The van der Waals surface area contributed by atoms with E-state index in [-0.39, 0.29) is 10.6 Å². The molecule has 3 rings (SSSR count). The Morgan fingerprint density at radius 2 is 1.87 bits per heavy atom. The molecule has 0 heterocycles. The molecule has 1 saturated carbocycles. The van der Waals surface area contributed by atoms with E-state index in [9.17, 15) is 13.5 Å². The van der Waals surface area contributed by atoms with E-state index >= 15 is 0 Å². The highest BCUT2D eigenvalue weighted by molar-refractivity contribution is 7.86. The fourth-order valence-corrected chi connectivity index (χ4v) is 4.97. The first-order valence-electron chi connectivity index (χ1n) is 10.2. The maximum atomic E-state index is 12.8. The van der Waals surface area contributed by atoms with Gasteiger partial charge in [0.2, 0.25) is 0 Å². The summed E-state index contributed by atoms with van der Waals surface area (Å²) in [6.07, 6.45) is 3.32. The minimum absolute atomic E-state index is 0.0937. The second-order valence-corrected chi connectivity index (χ2v) is 9.59. The van der Waals surface area contributed by atoms with E-state index in [1.54, 1.807) is 36.4 Å². The van der Waals surface area contributed by atoms with Crippen LogP contribution in [0.2, 0.25) is 0 Å². The van der Waals surface area contributed by atoms with Gasteiger partial charge in [0.25, 0.3) is 10.1 Å². The van der Waals surface area contributed by atoms with Crippen LogP contribution in [-0.2, 0) is 25.5 Å². The van der Waals surface area contributed by atoms with Crippen LogP contribution in [0, 0.1) is 6.92 Å². The molecule has 0 bridgehead atoms. The third kappa shape index (κ3) is 5.33. The molecular formula is C23H30O6S. The third-order valence-corrected chi connectivity index (χ3v) is 7.02. The van der Waals surface area contributed by atoms with Gasteiger partial charge in [-0.2, -0.15) is 8.42 Å². The van der Waals surface area contributed by atoms with Crippen molar-refractivity contribution in [1.82, 2.24) is 0 Å². The molecule has 2 atom stereocenters. The fraction of sp³-hybridized carbons (Fsp3) is 0.478. The number of phenols is 1. The van der Waals surface area contributed by atoms with Crippen LogP contribution >= 0.6 is 0 Å². The topological polar surface area (TPSA) is 82.1 Å². The molecule has 1 aliphatic rings. The number of benzene rings is 2. The van der Waals surface area contributed by atoms with E-state index in [2.05, 4.69) is 0 Å². The molecule has 2 aromatic carbocycles. The zero-order chi connectivity index (χ0) is 21.8. The number of ether oxygens (including phenoxy) is 2. The standard InChI is InChI=1S/C23H30O6S/c1-17-7-10-19(11-8-17)30(25,26)29-22-6-4-5-14-23(22,2)28-15-13-18-9-12-20(24)21(16-18)27-3/h7-12,16,22,24H,4-6,13-15H2,1-3H3/t22?,23-/m0/s1. The summed E-state index contributed by atoms with van der Waals surface area (Å²) < 4.78 is 42.6. The summed E-state index contributed by atoms with van der Waals surface area (Å²) in [5, 5.41) is 9.73. The first-order valence-corrected chi connectivity index (χ1v) is 11.6. The molecule has 0 radical (unpaired) electrons. The lowest BCUT2D eigenvalue weighted by Crippen LogP contribution is -2.47. The van der Waals surface area contributed by atoms with Gasteiger partial charge in [-0.3, -0.25) is 4.18 Å². The van der Waals surface area contributed by atoms with Crippen molar-refractivity contribution < 1.29 is 27.2 Å². The molecular weight excluding hydrogens is 404 g/mol. The number of aryl methyl sites for hydroxylation is 1. The van der Waals surface area contributed by atoms with E-state index in [1.807, 2.05) is 19.9 Å². The average Bonchev–Trinajstić information content (AvgIpc) is 2.71. The average molecular weight is 435 g/mol. The van der Waals surface area contributed by atoms with Crippen molar-refractivity contribution in [2.24, 2.45) is 0 Å². The van der Waals surface area contributed by atoms with Crippen LogP contribution in [0.15, 0.2) is 47.4 Å². The van der Waals surface area contributed by atoms with Gasteiger partial charge in [0.1, 0.15) is 6.10 Å². The summed E-state index contributed by atoms with van der Waals surface area (Å²) in [5.41, 5.74) is 1.27. The van der Waals surface area contributed by atoms with Crippen LogP contribution in [0.25, 0.3) is 0 Å². The molecule has 0 aromatic heterocycles. The zero-order valence-electron chi connectivity index (χ0n) is 17.8. The maximum absolute atomic E-state index is 12.8. The van der Waals surface area contributed by atoms with Gasteiger partial charge >= 0.3 is 0 Å². The molecule has 7 heteroatoms. The molecule has 0 amide bonds. The summed E-state index contributed by atoms with van der Waals surface area (Å²) in [4.78, 5) is 0.164. The van der Waals surface area contributed by atoms with Gasteiger partial charge in [-0.25, -0.2) is 0 Å². The number of hydrogen-bond acceptors (Lipinski definition) is 6. The maximum Gasteiger partial charge on any atom is 0.297 e. The first-order chi connectivity index (χ1) is 14.2. The summed E-state index contributed by atoms with van der Waals surface area (Å²) >= 11 is 0. The Morgan fingerprint density at radius 1 is 1.13 bits per heavy atom. The minimum atomic E-state index is -3.86. The van der Waals surface area contributed by atoms with Gasteiger partial charge in [-0.05, 0) is 62.9 Å². The van der Waals surface area contributed by atoms with Crippen molar-refractivity contribution in [2.75, 3.05) is 13.7 Å². The van der Waals surface area contributed by atoms with E-state index < -0.39 is 21.8 Å². The smallest absolute Gasteiger partial charge is 0.297 e. The first kappa shape index (κ1) is 22.6. The lowest BCUT2D eigenvalue weighted by Gasteiger charge is -2.40. The number of hydrogen-bond donors (Lipinski definition) is 1.